The molecule has 0 atom stereocenters. The third kappa shape index (κ3) is 2.75. The molecule has 0 bridgehead atoms. The number of carbonyl (C=O) groups excluding carboxylic acids is 2. The number of benzene rings is 1. The van der Waals surface area contributed by atoms with Gasteiger partial charge < -0.3 is 4.74 Å². The summed E-state index contributed by atoms with van der Waals surface area (Å²) < 4.78 is 5.35. The Balaban J connectivity index is 1.89. The summed E-state index contributed by atoms with van der Waals surface area (Å²) in [6.07, 6.45) is 1.28. The van der Waals surface area contributed by atoms with Crippen molar-refractivity contribution in [3.8, 4) is 0 Å². The third-order valence-electron chi connectivity index (χ3n) is 2.51. The molecule has 1 aliphatic heterocycles. The van der Waals surface area contributed by atoms with Gasteiger partial charge >= 0.3 is 6.03 Å². The van der Waals surface area contributed by atoms with E-state index in [1.54, 1.807) is 6.92 Å². The van der Waals surface area contributed by atoms with Gasteiger partial charge in [0.05, 0.1) is 6.61 Å². The molecular formula is C13H13N2O3. The molecule has 0 saturated carbocycles. The highest BCUT2D eigenvalue weighted by molar-refractivity contribution is 6.05. The molecule has 1 aromatic rings. The molecule has 1 aliphatic rings. The summed E-state index contributed by atoms with van der Waals surface area (Å²) in [4.78, 5) is 24.1. The van der Waals surface area contributed by atoms with E-state index in [0.717, 1.165) is 10.5 Å². The van der Waals surface area contributed by atoms with Crippen LogP contribution in [0, 0.1) is 0 Å². The summed E-state index contributed by atoms with van der Waals surface area (Å²) in [7, 11) is 0. The highest BCUT2D eigenvalue weighted by atomic mass is 16.5. The first-order valence-electron chi connectivity index (χ1n) is 5.53. The molecule has 0 spiro atoms. The Morgan fingerprint density at radius 2 is 1.94 bits per heavy atom. The molecule has 5 nitrogen and oxygen atoms in total. The molecule has 3 amide bonds. The van der Waals surface area contributed by atoms with Crippen LogP contribution in [0.4, 0.5) is 4.79 Å². The number of amides is 3. The summed E-state index contributed by atoms with van der Waals surface area (Å²) in [5.41, 5.74) is 1.41. The Morgan fingerprint density at radius 1 is 1.22 bits per heavy atom. The maximum atomic E-state index is 11.7. The predicted octanol–water partition coefficient (Wildman–Crippen LogP) is 1.63. The molecule has 0 fully saturated rings. The van der Waals surface area contributed by atoms with Crippen molar-refractivity contribution < 1.29 is 14.3 Å². The van der Waals surface area contributed by atoms with Gasteiger partial charge in [-0.15, -0.1) is 0 Å². The van der Waals surface area contributed by atoms with Crippen LogP contribution < -0.4 is 5.32 Å². The molecule has 5 heteroatoms. The lowest BCUT2D eigenvalue weighted by Gasteiger charge is -2.22. The molecule has 93 valence electrons. The van der Waals surface area contributed by atoms with Crippen LogP contribution in [0.15, 0.2) is 42.1 Å². The SMILES string of the molecule is CC1=C[N]C(=O)N(COCc2ccccc2)C1=O. The second-order valence-corrected chi connectivity index (χ2v) is 3.92. The van der Waals surface area contributed by atoms with Crippen LogP contribution in [0.1, 0.15) is 12.5 Å². The lowest BCUT2D eigenvalue weighted by Crippen LogP contribution is -2.44. The first kappa shape index (κ1) is 12.3. The van der Waals surface area contributed by atoms with E-state index in [2.05, 4.69) is 5.32 Å². The first-order valence-corrected chi connectivity index (χ1v) is 5.53. The Kier molecular flexibility index (Phi) is 3.74. The van der Waals surface area contributed by atoms with Crippen LogP contribution >= 0.6 is 0 Å². The Hall–Kier alpha value is -2.14. The molecule has 1 radical (unpaired) electrons. The monoisotopic (exact) mass is 245 g/mol. The maximum Gasteiger partial charge on any atom is 0.352 e. The van der Waals surface area contributed by atoms with E-state index in [1.165, 1.54) is 6.20 Å². The molecule has 2 rings (SSSR count). The van der Waals surface area contributed by atoms with Crippen molar-refractivity contribution in [2.75, 3.05) is 6.73 Å². The minimum Gasteiger partial charge on any atom is -0.356 e. The van der Waals surface area contributed by atoms with Gasteiger partial charge in [0, 0.05) is 11.8 Å². The van der Waals surface area contributed by atoms with Crippen LogP contribution in [0.5, 0.6) is 0 Å². The van der Waals surface area contributed by atoms with E-state index in [0.29, 0.717) is 12.2 Å². The number of imide groups is 1. The normalized spacial score (nSPS) is 15.4. The van der Waals surface area contributed by atoms with Crippen LogP contribution in [-0.4, -0.2) is 23.6 Å². The van der Waals surface area contributed by atoms with Gasteiger partial charge in [-0.2, -0.15) is 0 Å². The summed E-state index contributed by atoms with van der Waals surface area (Å²) in [6.45, 7) is 1.88. The van der Waals surface area contributed by atoms with Crippen molar-refractivity contribution in [3.05, 3.63) is 47.7 Å². The van der Waals surface area contributed by atoms with E-state index in [9.17, 15) is 9.59 Å². The fourth-order valence-electron chi connectivity index (χ4n) is 1.52. The van der Waals surface area contributed by atoms with E-state index in [4.69, 9.17) is 4.74 Å². The lowest BCUT2D eigenvalue weighted by atomic mass is 10.2. The van der Waals surface area contributed by atoms with Gasteiger partial charge in [0.15, 0.2) is 0 Å². The largest absolute Gasteiger partial charge is 0.356 e. The van der Waals surface area contributed by atoms with Gasteiger partial charge in [0.1, 0.15) is 6.73 Å². The molecule has 18 heavy (non-hydrogen) atoms. The number of ether oxygens (including phenoxy) is 1. The summed E-state index contributed by atoms with van der Waals surface area (Å²) in [5, 5.41) is 3.59. The average Bonchev–Trinajstić information content (AvgIpc) is 2.39. The topological polar surface area (TPSA) is 60.7 Å². The molecular weight excluding hydrogens is 232 g/mol. The van der Waals surface area contributed by atoms with Crippen molar-refractivity contribution in [1.29, 1.82) is 0 Å². The Bertz CT molecular complexity index is 482. The molecule has 1 heterocycles. The van der Waals surface area contributed by atoms with Crippen molar-refractivity contribution in [2.24, 2.45) is 0 Å². The minimum atomic E-state index is -0.585. The highest BCUT2D eigenvalue weighted by Gasteiger charge is 2.27. The highest BCUT2D eigenvalue weighted by Crippen LogP contribution is 2.09. The standard InChI is InChI=1S/C13H13N2O3/c1-10-7-14-13(17)15(12(10)16)9-18-8-11-5-3-2-4-6-11/h2-7H,8-9H2,1H3. The molecule has 1 aromatic carbocycles. The molecule has 0 N–H and O–H groups in total. The zero-order valence-electron chi connectivity index (χ0n) is 10.00. The van der Waals surface area contributed by atoms with E-state index in [1.807, 2.05) is 30.3 Å². The van der Waals surface area contributed by atoms with Crippen LogP contribution in [0.25, 0.3) is 0 Å². The van der Waals surface area contributed by atoms with Crippen molar-refractivity contribution in [2.45, 2.75) is 13.5 Å². The maximum absolute atomic E-state index is 11.7. The fraction of sp³-hybridized carbons (Fsp3) is 0.231. The predicted molar refractivity (Wildman–Crippen MR) is 64.2 cm³/mol. The van der Waals surface area contributed by atoms with Crippen LogP contribution in [0.2, 0.25) is 0 Å². The zero-order valence-corrected chi connectivity index (χ0v) is 10.00. The van der Waals surface area contributed by atoms with Gasteiger partial charge in [0.25, 0.3) is 5.91 Å². The zero-order chi connectivity index (χ0) is 13.0. The number of urea groups is 1. The number of hydrogen-bond donors (Lipinski definition) is 0. The number of nitrogens with zero attached hydrogens (tertiary/aromatic N) is 2. The van der Waals surface area contributed by atoms with Crippen LogP contribution in [0.3, 0.4) is 0 Å². The number of carbonyl (C=O) groups is 2. The van der Waals surface area contributed by atoms with Crippen molar-refractivity contribution >= 4 is 11.9 Å². The average molecular weight is 245 g/mol. The molecule has 0 aromatic heterocycles. The van der Waals surface area contributed by atoms with Gasteiger partial charge in [-0.3, -0.25) is 4.79 Å². The molecule has 0 saturated heterocycles. The van der Waals surface area contributed by atoms with Gasteiger partial charge in [-0.25, -0.2) is 15.0 Å². The van der Waals surface area contributed by atoms with Crippen molar-refractivity contribution in [1.82, 2.24) is 10.2 Å². The summed E-state index contributed by atoms with van der Waals surface area (Å²) in [6, 6.07) is 8.95. The summed E-state index contributed by atoms with van der Waals surface area (Å²) >= 11 is 0. The van der Waals surface area contributed by atoms with E-state index >= 15 is 0 Å². The lowest BCUT2D eigenvalue weighted by molar-refractivity contribution is -0.129. The number of hydrogen-bond acceptors (Lipinski definition) is 3. The molecule has 0 unspecified atom stereocenters. The fourth-order valence-corrected chi connectivity index (χ4v) is 1.52. The Labute approximate surface area is 105 Å². The first-order chi connectivity index (χ1) is 8.68. The third-order valence-corrected chi connectivity index (χ3v) is 2.51. The second-order valence-electron chi connectivity index (χ2n) is 3.92. The summed E-state index contributed by atoms with van der Waals surface area (Å²) in [5.74, 6) is -0.358. The number of rotatable bonds is 4. The molecule has 0 aliphatic carbocycles. The van der Waals surface area contributed by atoms with Gasteiger partial charge in [-0.05, 0) is 12.5 Å². The van der Waals surface area contributed by atoms with E-state index < -0.39 is 6.03 Å². The van der Waals surface area contributed by atoms with Gasteiger partial charge in [0.2, 0.25) is 0 Å². The van der Waals surface area contributed by atoms with Crippen molar-refractivity contribution in [3.63, 3.8) is 0 Å². The Morgan fingerprint density at radius 3 is 2.67 bits per heavy atom. The smallest absolute Gasteiger partial charge is 0.352 e. The van der Waals surface area contributed by atoms with Gasteiger partial charge in [-0.1, -0.05) is 30.3 Å². The minimum absolute atomic E-state index is 0.0821. The van der Waals surface area contributed by atoms with E-state index in [-0.39, 0.29) is 12.6 Å². The second kappa shape index (κ2) is 5.46. The van der Waals surface area contributed by atoms with Crippen LogP contribution in [-0.2, 0) is 16.1 Å². The quantitative estimate of drug-likeness (QED) is 0.810.